The molecule has 164 valence electrons. The van der Waals surface area contributed by atoms with Crippen molar-refractivity contribution >= 4 is 17.6 Å². The molecule has 3 aromatic rings. The third-order valence-corrected chi connectivity index (χ3v) is 5.16. The van der Waals surface area contributed by atoms with Crippen LogP contribution in [0.3, 0.4) is 0 Å². The van der Waals surface area contributed by atoms with Crippen molar-refractivity contribution in [3.63, 3.8) is 0 Å². The van der Waals surface area contributed by atoms with Gasteiger partial charge in [0.25, 0.3) is 0 Å². The summed E-state index contributed by atoms with van der Waals surface area (Å²) in [6.07, 6.45) is 1.24. The predicted octanol–water partition coefficient (Wildman–Crippen LogP) is 3.24. The van der Waals surface area contributed by atoms with E-state index >= 15 is 0 Å². The lowest BCUT2D eigenvalue weighted by atomic mass is 10.1. The number of aliphatic carboxylic acids is 1. The molecule has 0 saturated heterocycles. The molecule has 1 aromatic heterocycles. The number of carbonyl (C=O) groups is 1. The Morgan fingerprint density at radius 1 is 1.19 bits per heavy atom. The molecule has 0 radical (unpaired) electrons. The normalized spacial score (nSPS) is 12.0. The Balaban J connectivity index is 1.79. The molecule has 9 heteroatoms. The summed E-state index contributed by atoms with van der Waals surface area (Å²) in [4.78, 5) is 24.2. The third-order valence-electron chi connectivity index (χ3n) is 4.82. The standard InChI is InChI=1S/C22H24ClN3O5/c1-2-3-8-19-24-26(14-27)22(30)25(19)13-15-9-11-16(12-10-15)31-20(21(28)29)17-6-4-5-7-18(17)23/h4-7,9-12,20,27H,2-3,8,13-14H2,1H3,(H,28,29). The lowest BCUT2D eigenvalue weighted by molar-refractivity contribution is -0.145. The Bertz CT molecular complexity index is 1090. The number of halogens is 1. The van der Waals surface area contributed by atoms with Gasteiger partial charge in [0.2, 0.25) is 6.10 Å². The van der Waals surface area contributed by atoms with Gasteiger partial charge < -0.3 is 14.9 Å². The van der Waals surface area contributed by atoms with Crippen LogP contribution >= 0.6 is 11.6 Å². The number of aliphatic hydroxyl groups is 1. The molecular weight excluding hydrogens is 422 g/mol. The summed E-state index contributed by atoms with van der Waals surface area (Å²) in [6, 6.07) is 13.4. The largest absolute Gasteiger partial charge is 0.478 e. The van der Waals surface area contributed by atoms with E-state index in [0.717, 1.165) is 23.1 Å². The van der Waals surface area contributed by atoms with Gasteiger partial charge >= 0.3 is 11.7 Å². The summed E-state index contributed by atoms with van der Waals surface area (Å²) in [5.41, 5.74) is 0.803. The fourth-order valence-electron chi connectivity index (χ4n) is 3.18. The molecule has 0 fully saturated rings. The zero-order valence-electron chi connectivity index (χ0n) is 17.1. The van der Waals surface area contributed by atoms with E-state index in [2.05, 4.69) is 12.0 Å². The van der Waals surface area contributed by atoms with Crippen LogP contribution in [-0.2, 0) is 24.5 Å². The van der Waals surface area contributed by atoms with E-state index < -0.39 is 18.8 Å². The highest BCUT2D eigenvalue weighted by molar-refractivity contribution is 6.31. The Labute approximate surface area is 184 Å². The van der Waals surface area contributed by atoms with Crippen molar-refractivity contribution in [2.24, 2.45) is 0 Å². The number of benzene rings is 2. The van der Waals surface area contributed by atoms with E-state index in [1.54, 1.807) is 48.5 Å². The maximum atomic E-state index is 12.5. The second-order valence-electron chi connectivity index (χ2n) is 7.03. The lowest BCUT2D eigenvalue weighted by Gasteiger charge is -2.17. The molecule has 0 aliphatic heterocycles. The minimum Gasteiger partial charge on any atom is -0.478 e. The maximum absolute atomic E-state index is 12.5. The smallest absolute Gasteiger partial charge is 0.349 e. The summed E-state index contributed by atoms with van der Waals surface area (Å²) in [5, 5.41) is 23.4. The van der Waals surface area contributed by atoms with Gasteiger partial charge in [0, 0.05) is 17.0 Å². The first kappa shape index (κ1) is 22.6. The van der Waals surface area contributed by atoms with E-state index in [1.807, 2.05) is 0 Å². The van der Waals surface area contributed by atoms with E-state index in [4.69, 9.17) is 16.3 Å². The van der Waals surface area contributed by atoms with Crippen molar-refractivity contribution in [1.29, 1.82) is 0 Å². The number of unbranched alkanes of at least 4 members (excludes halogenated alkanes) is 1. The molecule has 1 heterocycles. The number of aromatic nitrogens is 3. The molecule has 0 bridgehead atoms. The Hall–Kier alpha value is -3.10. The van der Waals surface area contributed by atoms with Gasteiger partial charge in [-0.1, -0.05) is 55.3 Å². The highest BCUT2D eigenvalue weighted by Crippen LogP contribution is 2.28. The lowest BCUT2D eigenvalue weighted by Crippen LogP contribution is -2.26. The monoisotopic (exact) mass is 445 g/mol. The first-order valence-corrected chi connectivity index (χ1v) is 10.3. The zero-order valence-corrected chi connectivity index (χ0v) is 17.8. The molecule has 0 saturated carbocycles. The van der Waals surface area contributed by atoms with E-state index in [1.165, 1.54) is 4.57 Å². The number of carboxylic acid groups (broad SMARTS) is 1. The van der Waals surface area contributed by atoms with Gasteiger partial charge in [0.05, 0.1) is 6.54 Å². The van der Waals surface area contributed by atoms with Crippen LogP contribution in [0, 0.1) is 0 Å². The predicted molar refractivity (Wildman–Crippen MR) is 115 cm³/mol. The highest BCUT2D eigenvalue weighted by atomic mass is 35.5. The Morgan fingerprint density at radius 3 is 2.52 bits per heavy atom. The first-order chi connectivity index (χ1) is 14.9. The van der Waals surface area contributed by atoms with Crippen LogP contribution in [0.25, 0.3) is 0 Å². The number of aliphatic hydroxyl groups excluding tert-OH is 1. The number of rotatable bonds is 10. The molecule has 0 aliphatic carbocycles. The fourth-order valence-corrected chi connectivity index (χ4v) is 3.42. The zero-order chi connectivity index (χ0) is 22.4. The minimum absolute atomic E-state index is 0.283. The van der Waals surface area contributed by atoms with Gasteiger partial charge in [-0.25, -0.2) is 9.59 Å². The molecule has 1 atom stereocenters. The van der Waals surface area contributed by atoms with Gasteiger partial charge in [0.1, 0.15) is 18.3 Å². The quantitative estimate of drug-likeness (QED) is 0.496. The molecule has 2 N–H and O–H groups in total. The van der Waals surface area contributed by atoms with Crippen molar-refractivity contribution in [3.05, 3.63) is 81.0 Å². The summed E-state index contributed by atoms with van der Waals surface area (Å²) in [6.45, 7) is 1.86. The summed E-state index contributed by atoms with van der Waals surface area (Å²) in [5.74, 6) is -0.174. The molecular formula is C22H24ClN3O5. The van der Waals surface area contributed by atoms with E-state index in [-0.39, 0.29) is 12.2 Å². The Morgan fingerprint density at radius 2 is 1.90 bits per heavy atom. The summed E-state index contributed by atoms with van der Waals surface area (Å²) >= 11 is 6.12. The number of aryl methyl sites for hydroxylation is 1. The molecule has 8 nitrogen and oxygen atoms in total. The van der Waals surface area contributed by atoms with E-state index in [0.29, 0.717) is 28.6 Å². The number of carboxylic acids is 1. The van der Waals surface area contributed by atoms with Crippen molar-refractivity contribution in [1.82, 2.24) is 14.3 Å². The maximum Gasteiger partial charge on any atom is 0.349 e. The van der Waals surface area contributed by atoms with Crippen LogP contribution < -0.4 is 10.4 Å². The van der Waals surface area contributed by atoms with Gasteiger partial charge in [0.15, 0.2) is 0 Å². The van der Waals surface area contributed by atoms with Crippen molar-refractivity contribution < 1.29 is 19.7 Å². The average Bonchev–Trinajstić information content (AvgIpc) is 3.06. The van der Waals surface area contributed by atoms with E-state index in [9.17, 15) is 19.8 Å². The van der Waals surface area contributed by atoms with Crippen LogP contribution in [0.2, 0.25) is 5.02 Å². The van der Waals surface area contributed by atoms with Gasteiger partial charge in [-0.2, -0.15) is 9.78 Å². The fraction of sp³-hybridized carbons (Fsp3) is 0.318. The van der Waals surface area contributed by atoms with Gasteiger partial charge in [-0.3, -0.25) is 4.57 Å². The molecule has 31 heavy (non-hydrogen) atoms. The van der Waals surface area contributed by atoms with Crippen molar-refractivity contribution in [2.45, 2.75) is 45.6 Å². The molecule has 0 aliphatic rings. The van der Waals surface area contributed by atoms with Crippen molar-refractivity contribution in [3.8, 4) is 5.75 Å². The number of nitrogens with zero attached hydrogens (tertiary/aromatic N) is 3. The number of ether oxygens (including phenoxy) is 1. The molecule has 0 spiro atoms. The first-order valence-electron chi connectivity index (χ1n) is 9.94. The van der Waals surface area contributed by atoms with Crippen LogP contribution in [0.5, 0.6) is 5.75 Å². The third kappa shape index (κ3) is 5.34. The van der Waals surface area contributed by atoms with Crippen molar-refractivity contribution in [2.75, 3.05) is 0 Å². The number of hydrogen-bond donors (Lipinski definition) is 2. The Kier molecular flexibility index (Phi) is 7.49. The molecule has 0 amide bonds. The molecule has 1 unspecified atom stereocenters. The topological polar surface area (TPSA) is 107 Å². The second-order valence-corrected chi connectivity index (χ2v) is 7.44. The average molecular weight is 446 g/mol. The van der Waals surface area contributed by atoms with Gasteiger partial charge in [-0.05, 0) is 30.2 Å². The highest BCUT2D eigenvalue weighted by Gasteiger charge is 2.24. The molecule has 2 aromatic carbocycles. The summed E-state index contributed by atoms with van der Waals surface area (Å²) < 4.78 is 8.23. The van der Waals surface area contributed by atoms with Gasteiger partial charge in [-0.15, -0.1) is 0 Å². The second kappa shape index (κ2) is 10.3. The SMILES string of the molecule is CCCCc1nn(CO)c(=O)n1Cc1ccc(OC(C(=O)O)c2ccccc2Cl)cc1. The van der Waals surface area contributed by atoms with Crippen LogP contribution in [0.4, 0.5) is 0 Å². The molecule has 3 rings (SSSR count). The number of hydrogen-bond acceptors (Lipinski definition) is 5. The summed E-state index contributed by atoms with van der Waals surface area (Å²) in [7, 11) is 0. The van der Waals surface area contributed by atoms with Crippen LogP contribution in [-0.4, -0.2) is 30.5 Å². The minimum atomic E-state index is -1.24. The van der Waals surface area contributed by atoms with Crippen LogP contribution in [0.1, 0.15) is 42.8 Å². The van der Waals surface area contributed by atoms with Crippen LogP contribution in [0.15, 0.2) is 53.3 Å².